The van der Waals surface area contributed by atoms with E-state index in [0.29, 0.717) is 28.9 Å². The van der Waals surface area contributed by atoms with Crippen LogP contribution >= 0.6 is 22.9 Å². The summed E-state index contributed by atoms with van der Waals surface area (Å²) in [6, 6.07) is 0. The quantitative estimate of drug-likeness (QED) is 0.727. The van der Waals surface area contributed by atoms with Gasteiger partial charge < -0.3 is 4.74 Å². The molecule has 1 heterocycles. The molecule has 0 atom stereocenters. The summed E-state index contributed by atoms with van der Waals surface area (Å²) >= 11 is 6.86. The molecule has 1 aliphatic carbocycles. The van der Waals surface area contributed by atoms with Gasteiger partial charge >= 0.3 is 0 Å². The first kappa shape index (κ1) is 8.97. The summed E-state index contributed by atoms with van der Waals surface area (Å²) in [4.78, 5) is 14.8. The maximum atomic E-state index is 10.4. The molecule has 0 aliphatic heterocycles. The Balaban J connectivity index is 1.98. The van der Waals surface area contributed by atoms with Crippen molar-refractivity contribution in [2.24, 2.45) is 5.92 Å². The van der Waals surface area contributed by atoms with Crippen molar-refractivity contribution in [2.75, 3.05) is 6.61 Å². The van der Waals surface area contributed by atoms with Crippen LogP contribution in [0.3, 0.4) is 0 Å². The first-order valence-electron chi connectivity index (χ1n) is 4.04. The van der Waals surface area contributed by atoms with Gasteiger partial charge in [-0.1, -0.05) is 22.9 Å². The maximum Gasteiger partial charge on any atom is 0.275 e. The number of aromatic nitrogens is 1. The van der Waals surface area contributed by atoms with Crippen LogP contribution in [0.2, 0.25) is 5.15 Å². The van der Waals surface area contributed by atoms with Crippen LogP contribution < -0.4 is 4.74 Å². The number of halogens is 1. The third-order valence-electron chi connectivity index (χ3n) is 1.84. The predicted octanol–water partition coefficient (Wildman–Crippen LogP) is 2.40. The third kappa shape index (κ3) is 2.19. The van der Waals surface area contributed by atoms with Crippen molar-refractivity contribution in [1.82, 2.24) is 4.98 Å². The van der Waals surface area contributed by atoms with Gasteiger partial charge in [0.1, 0.15) is 4.88 Å². The molecule has 0 spiro atoms. The fourth-order valence-corrected chi connectivity index (χ4v) is 1.82. The Morgan fingerprint density at radius 3 is 3.00 bits per heavy atom. The molecule has 3 nitrogen and oxygen atoms in total. The Kier molecular flexibility index (Phi) is 2.51. The topological polar surface area (TPSA) is 39.2 Å². The fraction of sp³-hybridized carbons (Fsp3) is 0.500. The average molecular weight is 218 g/mol. The van der Waals surface area contributed by atoms with Crippen LogP contribution in [0.1, 0.15) is 22.5 Å². The standard InChI is InChI=1S/C8H8ClNO2S/c9-7-6(3-11)13-8(10-7)12-4-5-1-2-5/h3,5H,1-2,4H2. The lowest BCUT2D eigenvalue weighted by molar-refractivity contribution is 0.112. The van der Waals surface area contributed by atoms with Crippen molar-refractivity contribution in [3.8, 4) is 5.19 Å². The molecule has 70 valence electrons. The number of ether oxygens (including phenoxy) is 1. The van der Waals surface area contributed by atoms with E-state index in [1.54, 1.807) is 0 Å². The molecule has 0 bridgehead atoms. The lowest BCUT2D eigenvalue weighted by atomic mass is 10.5. The number of carbonyl (C=O) groups excluding carboxylic acids is 1. The second kappa shape index (κ2) is 3.64. The van der Waals surface area contributed by atoms with E-state index in [0.717, 1.165) is 0 Å². The molecular formula is C8H8ClNO2S. The van der Waals surface area contributed by atoms with E-state index in [4.69, 9.17) is 16.3 Å². The van der Waals surface area contributed by atoms with Crippen molar-refractivity contribution >= 4 is 29.2 Å². The van der Waals surface area contributed by atoms with Gasteiger partial charge in [0, 0.05) is 0 Å². The van der Waals surface area contributed by atoms with Gasteiger partial charge in [0.15, 0.2) is 11.4 Å². The lowest BCUT2D eigenvalue weighted by Crippen LogP contribution is -1.97. The number of carbonyl (C=O) groups is 1. The first-order valence-corrected chi connectivity index (χ1v) is 5.23. The molecule has 0 radical (unpaired) electrons. The second-order valence-corrected chi connectivity index (χ2v) is 4.36. The number of thiazole rings is 1. The van der Waals surface area contributed by atoms with E-state index < -0.39 is 0 Å². The summed E-state index contributed by atoms with van der Waals surface area (Å²) in [5.41, 5.74) is 0. The first-order chi connectivity index (χ1) is 6.29. The molecule has 2 rings (SSSR count). The Morgan fingerprint density at radius 2 is 2.46 bits per heavy atom. The summed E-state index contributed by atoms with van der Waals surface area (Å²) in [7, 11) is 0. The zero-order valence-corrected chi connectivity index (χ0v) is 8.40. The maximum absolute atomic E-state index is 10.4. The van der Waals surface area contributed by atoms with Crippen molar-refractivity contribution in [3.63, 3.8) is 0 Å². The molecule has 0 aromatic carbocycles. The van der Waals surface area contributed by atoms with Crippen molar-refractivity contribution < 1.29 is 9.53 Å². The Morgan fingerprint density at radius 1 is 1.69 bits per heavy atom. The molecule has 0 amide bonds. The molecule has 13 heavy (non-hydrogen) atoms. The number of rotatable bonds is 4. The van der Waals surface area contributed by atoms with Crippen LogP contribution in [0.5, 0.6) is 5.19 Å². The highest BCUT2D eigenvalue weighted by Crippen LogP contribution is 2.32. The third-order valence-corrected chi connectivity index (χ3v) is 3.13. The number of aldehydes is 1. The summed E-state index contributed by atoms with van der Waals surface area (Å²) in [5, 5.41) is 0.741. The fourth-order valence-electron chi connectivity index (χ4n) is 0.902. The number of hydrogen-bond acceptors (Lipinski definition) is 4. The van der Waals surface area contributed by atoms with Gasteiger partial charge in [-0.2, -0.15) is 4.98 Å². The van der Waals surface area contributed by atoms with E-state index in [-0.39, 0.29) is 5.15 Å². The summed E-state index contributed by atoms with van der Waals surface area (Å²) < 4.78 is 5.36. The average Bonchev–Trinajstić information content (AvgIpc) is 2.87. The Labute approximate surface area is 84.7 Å². The van der Waals surface area contributed by atoms with Gasteiger partial charge in [0.25, 0.3) is 5.19 Å². The Hall–Kier alpha value is -0.610. The van der Waals surface area contributed by atoms with Crippen LogP contribution in [0, 0.1) is 5.92 Å². The number of hydrogen-bond donors (Lipinski definition) is 0. The van der Waals surface area contributed by atoms with Gasteiger partial charge in [-0.25, -0.2) is 0 Å². The highest BCUT2D eigenvalue weighted by Gasteiger charge is 2.22. The minimum absolute atomic E-state index is 0.241. The molecule has 0 unspecified atom stereocenters. The summed E-state index contributed by atoms with van der Waals surface area (Å²) in [5.74, 6) is 0.683. The van der Waals surface area contributed by atoms with Crippen molar-refractivity contribution in [2.45, 2.75) is 12.8 Å². The van der Waals surface area contributed by atoms with E-state index in [9.17, 15) is 4.79 Å². The van der Waals surface area contributed by atoms with Crippen LogP contribution in [0.15, 0.2) is 0 Å². The van der Waals surface area contributed by atoms with Gasteiger partial charge in [-0.3, -0.25) is 4.79 Å². The molecule has 1 aromatic heterocycles. The van der Waals surface area contributed by atoms with Gasteiger partial charge in [0.05, 0.1) is 6.61 Å². The van der Waals surface area contributed by atoms with E-state index in [1.165, 1.54) is 24.2 Å². The Bertz CT molecular complexity index is 322. The van der Waals surface area contributed by atoms with Crippen molar-refractivity contribution in [3.05, 3.63) is 10.0 Å². The van der Waals surface area contributed by atoms with E-state index in [2.05, 4.69) is 4.98 Å². The monoisotopic (exact) mass is 217 g/mol. The highest BCUT2D eigenvalue weighted by molar-refractivity contribution is 7.15. The minimum atomic E-state index is 0.241. The lowest BCUT2D eigenvalue weighted by Gasteiger charge is -1.97. The smallest absolute Gasteiger partial charge is 0.275 e. The van der Waals surface area contributed by atoms with Gasteiger partial charge in [-0.05, 0) is 18.8 Å². The minimum Gasteiger partial charge on any atom is -0.470 e. The van der Waals surface area contributed by atoms with Gasteiger partial charge in [0.2, 0.25) is 0 Å². The molecule has 5 heteroatoms. The molecule has 0 N–H and O–H groups in total. The van der Waals surface area contributed by atoms with Crippen LogP contribution in [0.25, 0.3) is 0 Å². The van der Waals surface area contributed by atoms with Crippen molar-refractivity contribution in [1.29, 1.82) is 0 Å². The molecule has 1 aromatic rings. The second-order valence-electron chi connectivity index (χ2n) is 3.01. The van der Waals surface area contributed by atoms with Gasteiger partial charge in [-0.15, -0.1) is 0 Å². The van der Waals surface area contributed by atoms with E-state index >= 15 is 0 Å². The molecule has 1 fully saturated rings. The summed E-state index contributed by atoms with van der Waals surface area (Å²) in [6.45, 7) is 0.697. The highest BCUT2D eigenvalue weighted by atomic mass is 35.5. The molecule has 0 saturated heterocycles. The molecular weight excluding hydrogens is 210 g/mol. The van der Waals surface area contributed by atoms with Crippen LogP contribution in [0.4, 0.5) is 0 Å². The normalized spacial score (nSPS) is 15.8. The molecule has 1 aliphatic rings. The largest absolute Gasteiger partial charge is 0.470 e. The zero-order valence-electron chi connectivity index (χ0n) is 6.83. The SMILES string of the molecule is O=Cc1sc(OCC2CC2)nc1Cl. The predicted molar refractivity (Wildman–Crippen MR) is 50.7 cm³/mol. The van der Waals surface area contributed by atoms with Crippen LogP contribution in [-0.4, -0.2) is 17.9 Å². The molecule has 1 saturated carbocycles. The summed E-state index contributed by atoms with van der Waals surface area (Å²) in [6.07, 6.45) is 3.17. The number of nitrogens with zero attached hydrogens (tertiary/aromatic N) is 1. The van der Waals surface area contributed by atoms with Crippen LogP contribution in [-0.2, 0) is 0 Å². The zero-order chi connectivity index (χ0) is 9.26. The van der Waals surface area contributed by atoms with E-state index in [1.807, 2.05) is 0 Å².